The van der Waals surface area contributed by atoms with E-state index in [9.17, 15) is 10.1 Å². The maximum Gasteiger partial charge on any atom is 0.184 e. The normalized spacial score (nSPS) is 11.6. The van der Waals surface area contributed by atoms with Crippen molar-refractivity contribution in [1.29, 1.82) is 5.26 Å². The summed E-state index contributed by atoms with van der Waals surface area (Å²) in [4.78, 5) is 12.4. The van der Waals surface area contributed by atoms with Crippen LogP contribution in [-0.4, -0.2) is 5.78 Å². The second kappa shape index (κ2) is 5.98. The monoisotopic (exact) mass is 361 g/mol. The van der Waals surface area contributed by atoms with Crippen LogP contribution in [0.25, 0.3) is 0 Å². The van der Waals surface area contributed by atoms with Gasteiger partial charge in [-0.3, -0.25) is 4.79 Å². The number of aryl methyl sites for hydroxylation is 1. The van der Waals surface area contributed by atoms with Crippen LogP contribution >= 0.6 is 22.6 Å². The zero-order valence-corrected chi connectivity index (χ0v) is 12.6. The van der Waals surface area contributed by atoms with Crippen LogP contribution in [0.3, 0.4) is 0 Å². The Morgan fingerprint density at radius 1 is 1.16 bits per heavy atom. The molecule has 0 saturated heterocycles. The molecule has 94 valence electrons. The summed E-state index contributed by atoms with van der Waals surface area (Å²) in [5.41, 5.74) is 2.33. The number of hydrogen-bond acceptors (Lipinski definition) is 2. The van der Waals surface area contributed by atoms with Crippen molar-refractivity contribution in [1.82, 2.24) is 0 Å². The molecular weight excluding hydrogens is 349 g/mol. The molecule has 2 aromatic rings. The Morgan fingerprint density at radius 2 is 1.79 bits per heavy atom. The van der Waals surface area contributed by atoms with Gasteiger partial charge in [0, 0.05) is 9.13 Å². The first-order valence-corrected chi connectivity index (χ1v) is 6.96. The van der Waals surface area contributed by atoms with Crippen molar-refractivity contribution >= 4 is 28.4 Å². The number of carbonyl (C=O) groups is 1. The van der Waals surface area contributed by atoms with Gasteiger partial charge in [0.2, 0.25) is 0 Å². The second-order valence-electron chi connectivity index (χ2n) is 4.29. The van der Waals surface area contributed by atoms with Gasteiger partial charge in [0.25, 0.3) is 0 Å². The summed E-state index contributed by atoms with van der Waals surface area (Å²) < 4.78 is 1.07. The number of carbonyl (C=O) groups excluding carboxylic acids is 1. The Bertz CT molecular complexity index is 641. The Balaban J connectivity index is 2.38. The van der Waals surface area contributed by atoms with Gasteiger partial charge < -0.3 is 0 Å². The van der Waals surface area contributed by atoms with Gasteiger partial charge in [-0.05, 0) is 52.8 Å². The third kappa shape index (κ3) is 3.02. The quantitative estimate of drug-likeness (QED) is 0.610. The number of nitrogens with zero attached hydrogens (tertiary/aromatic N) is 1. The first-order valence-electron chi connectivity index (χ1n) is 5.88. The number of nitriles is 1. The minimum atomic E-state index is -0.735. The molecule has 0 aromatic heterocycles. The molecule has 0 radical (unpaired) electrons. The summed E-state index contributed by atoms with van der Waals surface area (Å²) in [7, 11) is 0. The van der Waals surface area contributed by atoms with Gasteiger partial charge in [-0.15, -0.1) is 0 Å². The molecule has 1 atom stereocenters. The van der Waals surface area contributed by atoms with Gasteiger partial charge in [-0.1, -0.05) is 36.4 Å². The standard InChI is InChI=1S/C16H12INO/c1-11-4-2-3-5-14(11)15(10-18)16(19)12-6-8-13(17)9-7-12/h2-9,15H,1H3. The molecule has 0 amide bonds. The smallest absolute Gasteiger partial charge is 0.184 e. The molecule has 19 heavy (non-hydrogen) atoms. The predicted octanol–water partition coefficient (Wildman–Crippen LogP) is 4.09. The van der Waals surface area contributed by atoms with Gasteiger partial charge >= 0.3 is 0 Å². The van der Waals surface area contributed by atoms with Crippen LogP contribution in [0, 0.1) is 21.8 Å². The van der Waals surface area contributed by atoms with Crippen molar-refractivity contribution in [3.63, 3.8) is 0 Å². The summed E-state index contributed by atoms with van der Waals surface area (Å²) in [5, 5.41) is 9.32. The Hall–Kier alpha value is -1.67. The van der Waals surface area contributed by atoms with Crippen LogP contribution in [0.4, 0.5) is 0 Å². The van der Waals surface area contributed by atoms with E-state index in [4.69, 9.17) is 0 Å². The van der Waals surface area contributed by atoms with E-state index in [1.807, 2.05) is 43.3 Å². The first kappa shape index (κ1) is 13.8. The number of benzene rings is 2. The molecule has 0 heterocycles. The lowest BCUT2D eigenvalue weighted by molar-refractivity contribution is 0.0978. The van der Waals surface area contributed by atoms with E-state index in [2.05, 4.69) is 28.7 Å². The lowest BCUT2D eigenvalue weighted by Gasteiger charge is -2.11. The van der Waals surface area contributed by atoms with Crippen molar-refractivity contribution in [2.75, 3.05) is 0 Å². The van der Waals surface area contributed by atoms with E-state index >= 15 is 0 Å². The minimum Gasteiger partial charge on any atom is -0.292 e. The molecule has 1 unspecified atom stereocenters. The van der Waals surface area contributed by atoms with Crippen LogP contribution in [-0.2, 0) is 0 Å². The molecule has 0 aliphatic rings. The molecule has 3 heteroatoms. The molecule has 0 aliphatic carbocycles. The fourth-order valence-corrected chi connectivity index (χ4v) is 2.32. The molecule has 0 aliphatic heterocycles. The zero-order chi connectivity index (χ0) is 13.8. The maximum atomic E-state index is 12.4. The molecule has 0 fully saturated rings. The van der Waals surface area contributed by atoms with Crippen LogP contribution in [0.5, 0.6) is 0 Å². The van der Waals surface area contributed by atoms with Gasteiger partial charge in [0.05, 0.1) is 6.07 Å². The largest absolute Gasteiger partial charge is 0.292 e. The van der Waals surface area contributed by atoms with Gasteiger partial charge in [0.15, 0.2) is 5.78 Å². The third-order valence-electron chi connectivity index (χ3n) is 3.02. The summed E-state index contributed by atoms with van der Waals surface area (Å²) >= 11 is 2.19. The molecule has 0 bridgehead atoms. The maximum absolute atomic E-state index is 12.4. The third-order valence-corrected chi connectivity index (χ3v) is 3.74. The van der Waals surface area contributed by atoms with Crippen LogP contribution in [0.2, 0.25) is 0 Å². The van der Waals surface area contributed by atoms with Gasteiger partial charge in [-0.2, -0.15) is 5.26 Å². The van der Waals surface area contributed by atoms with Gasteiger partial charge in [-0.25, -0.2) is 0 Å². The van der Waals surface area contributed by atoms with E-state index < -0.39 is 5.92 Å². The van der Waals surface area contributed by atoms with Crippen molar-refractivity contribution in [2.24, 2.45) is 0 Å². The zero-order valence-electron chi connectivity index (χ0n) is 10.4. The van der Waals surface area contributed by atoms with Crippen molar-refractivity contribution in [2.45, 2.75) is 12.8 Å². The van der Waals surface area contributed by atoms with Gasteiger partial charge in [0.1, 0.15) is 5.92 Å². The van der Waals surface area contributed by atoms with Crippen molar-refractivity contribution in [3.05, 3.63) is 68.8 Å². The molecule has 2 nitrogen and oxygen atoms in total. The van der Waals surface area contributed by atoms with E-state index in [-0.39, 0.29) is 5.78 Å². The highest BCUT2D eigenvalue weighted by Crippen LogP contribution is 2.23. The van der Waals surface area contributed by atoms with E-state index in [1.54, 1.807) is 12.1 Å². The average molecular weight is 361 g/mol. The Kier molecular flexibility index (Phi) is 4.33. The molecular formula is C16H12INO. The molecule has 0 spiro atoms. The second-order valence-corrected chi connectivity index (χ2v) is 5.54. The lowest BCUT2D eigenvalue weighted by atomic mass is 9.89. The van der Waals surface area contributed by atoms with Crippen molar-refractivity contribution in [3.8, 4) is 6.07 Å². The number of rotatable bonds is 3. The fraction of sp³-hybridized carbons (Fsp3) is 0.125. The van der Waals surface area contributed by atoms with E-state index in [0.29, 0.717) is 5.56 Å². The minimum absolute atomic E-state index is 0.145. The van der Waals surface area contributed by atoms with Crippen LogP contribution < -0.4 is 0 Å². The summed E-state index contributed by atoms with van der Waals surface area (Å²) in [6.07, 6.45) is 0. The molecule has 2 rings (SSSR count). The number of hydrogen-bond donors (Lipinski definition) is 0. The predicted molar refractivity (Wildman–Crippen MR) is 83.0 cm³/mol. The SMILES string of the molecule is Cc1ccccc1C(C#N)C(=O)c1ccc(I)cc1. The molecule has 2 aromatic carbocycles. The summed E-state index contributed by atoms with van der Waals surface area (Å²) in [5.74, 6) is -0.880. The average Bonchev–Trinajstić information content (AvgIpc) is 2.42. The van der Waals surface area contributed by atoms with Crippen LogP contribution in [0.15, 0.2) is 48.5 Å². The number of halogens is 1. The van der Waals surface area contributed by atoms with Crippen LogP contribution in [0.1, 0.15) is 27.4 Å². The fourth-order valence-electron chi connectivity index (χ4n) is 1.96. The highest BCUT2D eigenvalue weighted by molar-refractivity contribution is 14.1. The summed E-state index contributed by atoms with van der Waals surface area (Å²) in [6, 6.07) is 16.9. The number of Topliss-reactive ketones (excluding diaryl/α,β-unsaturated/α-hetero) is 1. The Labute approximate surface area is 126 Å². The molecule has 0 N–H and O–H groups in total. The highest BCUT2D eigenvalue weighted by Gasteiger charge is 2.22. The summed E-state index contributed by atoms with van der Waals surface area (Å²) in [6.45, 7) is 1.92. The molecule has 0 saturated carbocycles. The topological polar surface area (TPSA) is 40.9 Å². The van der Waals surface area contributed by atoms with E-state index in [1.165, 1.54) is 0 Å². The Morgan fingerprint density at radius 3 is 2.37 bits per heavy atom. The van der Waals surface area contributed by atoms with E-state index in [0.717, 1.165) is 14.7 Å². The first-order chi connectivity index (χ1) is 9.13. The highest BCUT2D eigenvalue weighted by atomic mass is 127. The van der Waals surface area contributed by atoms with Crippen molar-refractivity contribution < 1.29 is 4.79 Å². The lowest BCUT2D eigenvalue weighted by Crippen LogP contribution is -2.12. The number of ketones is 1.